The van der Waals surface area contributed by atoms with Crippen molar-refractivity contribution in [3.05, 3.63) is 83.0 Å². The van der Waals surface area contributed by atoms with Gasteiger partial charge >= 0.3 is 0 Å². The highest BCUT2D eigenvalue weighted by molar-refractivity contribution is 7.89. The van der Waals surface area contributed by atoms with Gasteiger partial charge in [-0.2, -0.15) is 0 Å². The van der Waals surface area contributed by atoms with Crippen LogP contribution in [0, 0.1) is 6.92 Å². The first-order valence-electron chi connectivity index (χ1n) is 12.0. The maximum absolute atomic E-state index is 13.0. The first-order valence-corrected chi connectivity index (χ1v) is 14.7. The molecule has 1 aliphatic heterocycles. The van der Waals surface area contributed by atoms with Crippen LogP contribution in [0.25, 0.3) is 22.4 Å². The normalized spacial score (nSPS) is 15.0. The molecule has 0 saturated carbocycles. The van der Waals surface area contributed by atoms with Crippen LogP contribution >= 0.6 is 11.3 Å². The third-order valence-corrected chi connectivity index (χ3v) is 8.39. The van der Waals surface area contributed by atoms with Gasteiger partial charge in [0.15, 0.2) is 5.13 Å². The Morgan fingerprint density at radius 3 is 2.36 bits per heavy atom. The van der Waals surface area contributed by atoms with E-state index in [2.05, 4.69) is 10.3 Å². The number of primary amides is 1. The number of nitrogens with two attached hydrogens (primary N) is 1. The minimum atomic E-state index is -3.53. The lowest BCUT2D eigenvalue weighted by Crippen LogP contribution is -2.56. The Kier molecular flexibility index (Phi) is 6.83. The molecule has 0 radical (unpaired) electrons. The van der Waals surface area contributed by atoms with Gasteiger partial charge in [0, 0.05) is 34.9 Å². The number of nitrogens with zero attached hydrogens (tertiary/aromatic N) is 3. The van der Waals surface area contributed by atoms with E-state index < -0.39 is 27.9 Å². The van der Waals surface area contributed by atoms with E-state index in [1.54, 1.807) is 25.1 Å². The molecule has 4 aromatic rings. The Hall–Kier alpha value is -4.29. The molecule has 12 heteroatoms. The highest BCUT2D eigenvalue weighted by Crippen LogP contribution is 2.30. The molecule has 0 unspecified atom stereocenters. The molecule has 0 aliphatic carbocycles. The van der Waals surface area contributed by atoms with Gasteiger partial charge in [-0.3, -0.25) is 14.4 Å². The number of carbonyl (C=O) groups is 3. The molecular weight excluding hydrogens is 538 g/mol. The number of carbonyl (C=O) groups excluding carboxylic acids is 3. The smallest absolute Gasteiger partial charge is 0.256 e. The predicted octanol–water partition coefficient (Wildman–Crippen LogP) is 3.35. The number of rotatable bonds is 7. The van der Waals surface area contributed by atoms with Gasteiger partial charge in [-0.1, -0.05) is 30.3 Å². The molecule has 10 nitrogen and oxygen atoms in total. The Morgan fingerprint density at radius 1 is 1.03 bits per heavy atom. The predicted molar refractivity (Wildman–Crippen MR) is 149 cm³/mol. The summed E-state index contributed by atoms with van der Waals surface area (Å²) in [4.78, 5) is 43.5. The fourth-order valence-electron chi connectivity index (χ4n) is 4.46. The molecule has 2 aromatic carbocycles. The van der Waals surface area contributed by atoms with E-state index in [0.29, 0.717) is 35.0 Å². The Balaban J connectivity index is 1.28. The van der Waals surface area contributed by atoms with Gasteiger partial charge in [-0.05, 0) is 48.7 Å². The van der Waals surface area contributed by atoms with Gasteiger partial charge in [0.05, 0.1) is 17.5 Å². The average molecular weight is 564 g/mol. The van der Waals surface area contributed by atoms with E-state index in [1.165, 1.54) is 28.5 Å². The lowest BCUT2D eigenvalue weighted by molar-refractivity contribution is -0.123. The van der Waals surface area contributed by atoms with Gasteiger partial charge in [-0.15, -0.1) is 11.3 Å². The molecule has 39 heavy (non-hydrogen) atoms. The molecule has 1 aliphatic rings. The van der Waals surface area contributed by atoms with Crippen molar-refractivity contribution in [1.82, 2.24) is 13.9 Å². The SMILES string of the molecule is Cc1cc(C(=O)N2CC[C@H]2C(=O)Nc2nc(-c3cccc(-c4cccc(C(N)=O)c4)c3)cs2)cn1S(C)(=O)=O. The number of aryl methyl sites for hydroxylation is 1. The second kappa shape index (κ2) is 10.1. The minimum Gasteiger partial charge on any atom is -0.366 e. The molecule has 200 valence electrons. The van der Waals surface area contributed by atoms with Gasteiger partial charge in [0.25, 0.3) is 5.91 Å². The second-order valence-corrected chi connectivity index (χ2v) is 12.0. The summed E-state index contributed by atoms with van der Waals surface area (Å²) >= 11 is 1.27. The van der Waals surface area contributed by atoms with E-state index >= 15 is 0 Å². The number of likely N-dealkylation sites (tertiary alicyclic amines) is 1. The van der Waals surface area contributed by atoms with Crippen LogP contribution in [0.15, 0.2) is 66.2 Å². The molecular formula is C27H25N5O5S2. The Labute approximate surface area is 229 Å². The van der Waals surface area contributed by atoms with Crippen molar-refractivity contribution >= 4 is 44.2 Å². The van der Waals surface area contributed by atoms with Gasteiger partial charge < -0.3 is 16.0 Å². The summed E-state index contributed by atoms with van der Waals surface area (Å²) in [5.74, 6) is -1.25. The molecule has 5 rings (SSSR count). The first-order chi connectivity index (χ1) is 18.5. The van der Waals surface area contributed by atoms with Crippen molar-refractivity contribution in [1.29, 1.82) is 0 Å². The topological polar surface area (TPSA) is 144 Å². The van der Waals surface area contributed by atoms with Crippen molar-refractivity contribution in [2.24, 2.45) is 5.73 Å². The van der Waals surface area contributed by atoms with Crippen molar-refractivity contribution in [2.75, 3.05) is 18.1 Å². The summed E-state index contributed by atoms with van der Waals surface area (Å²) in [5.41, 5.74) is 9.69. The van der Waals surface area contributed by atoms with E-state index in [0.717, 1.165) is 26.9 Å². The van der Waals surface area contributed by atoms with E-state index in [4.69, 9.17) is 5.73 Å². The molecule has 0 spiro atoms. The van der Waals surface area contributed by atoms with E-state index in [9.17, 15) is 22.8 Å². The number of hydrogen-bond acceptors (Lipinski definition) is 7. The summed E-state index contributed by atoms with van der Waals surface area (Å²) < 4.78 is 24.9. The third kappa shape index (κ3) is 5.33. The summed E-state index contributed by atoms with van der Waals surface area (Å²) in [6, 6.07) is 15.5. The number of amides is 3. The number of nitrogens with one attached hydrogen (secondary N) is 1. The number of aromatic nitrogens is 2. The molecule has 3 heterocycles. The maximum atomic E-state index is 13.0. The third-order valence-electron chi connectivity index (χ3n) is 6.53. The van der Waals surface area contributed by atoms with Crippen LogP contribution in [0.3, 0.4) is 0 Å². The average Bonchev–Trinajstić information content (AvgIpc) is 3.50. The Morgan fingerprint density at radius 2 is 1.72 bits per heavy atom. The van der Waals surface area contributed by atoms with Crippen LogP contribution < -0.4 is 11.1 Å². The molecule has 3 N–H and O–H groups in total. The summed E-state index contributed by atoms with van der Waals surface area (Å²) in [7, 11) is -3.53. The number of anilines is 1. The second-order valence-electron chi connectivity index (χ2n) is 9.29. The summed E-state index contributed by atoms with van der Waals surface area (Å²) in [6.07, 6.45) is 2.84. The standard InChI is InChI=1S/C27H25N5O5S2/c1-16-11-21(14-32(16)39(2,36)37)26(35)31-10-9-23(31)25(34)30-27-29-22(15-38-27)19-7-3-5-17(12-19)18-6-4-8-20(13-18)24(28)33/h3-8,11-15,23H,9-10H2,1-2H3,(H2,28,33)(H,29,30,34)/t23-/m0/s1. The quantitative estimate of drug-likeness (QED) is 0.353. The molecule has 1 fully saturated rings. The van der Waals surface area contributed by atoms with Crippen LogP contribution in [0.2, 0.25) is 0 Å². The zero-order valence-electron chi connectivity index (χ0n) is 21.1. The van der Waals surface area contributed by atoms with Crippen LogP contribution in [-0.4, -0.2) is 58.8 Å². The van der Waals surface area contributed by atoms with Crippen molar-refractivity contribution in [2.45, 2.75) is 19.4 Å². The van der Waals surface area contributed by atoms with E-state index in [1.807, 2.05) is 35.7 Å². The van der Waals surface area contributed by atoms with Crippen molar-refractivity contribution in [3.63, 3.8) is 0 Å². The van der Waals surface area contributed by atoms with Crippen LogP contribution in [0.4, 0.5) is 5.13 Å². The van der Waals surface area contributed by atoms with Crippen LogP contribution in [0.5, 0.6) is 0 Å². The molecule has 2 aromatic heterocycles. The fourth-order valence-corrected chi connectivity index (χ4v) is 6.06. The Bertz CT molecular complexity index is 1720. The molecule has 1 saturated heterocycles. The number of benzene rings is 2. The molecule has 0 bridgehead atoms. The highest BCUT2D eigenvalue weighted by atomic mass is 32.2. The fraction of sp³-hybridized carbons (Fsp3) is 0.185. The van der Waals surface area contributed by atoms with Crippen molar-refractivity contribution < 1.29 is 22.8 Å². The van der Waals surface area contributed by atoms with Gasteiger partial charge in [0.1, 0.15) is 6.04 Å². The molecule has 1 atom stereocenters. The monoisotopic (exact) mass is 563 g/mol. The van der Waals surface area contributed by atoms with Gasteiger partial charge in [-0.25, -0.2) is 17.4 Å². The first kappa shape index (κ1) is 26.3. The zero-order chi connectivity index (χ0) is 27.9. The maximum Gasteiger partial charge on any atom is 0.256 e. The molecule has 3 amide bonds. The number of hydrogen-bond donors (Lipinski definition) is 2. The summed E-state index contributed by atoms with van der Waals surface area (Å²) in [6.45, 7) is 2.00. The minimum absolute atomic E-state index is 0.216. The lowest BCUT2D eigenvalue weighted by Gasteiger charge is -2.39. The highest BCUT2D eigenvalue weighted by Gasteiger charge is 2.38. The summed E-state index contributed by atoms with van der Waals surface area (Å²) in [5, 5.41) is 5.03. The lowest BCUT2D eigenvalue weighted by atomic mass is 10.00. The van der Waals surface area contributed by atoms with Gasteiger partial charge in [0.2, 0.25) is 21.8 Å². The van der Waals surface area contributed by atoms with Crippen LogP contribution in [-0.2, 0) is 14.8 Å². The zero-order valence-corrected chi connectivity index (χ0v) is 22.8. The van der Waals surface area contributed by atoms with Crippen LogP contribution in [0.1, 0.15) is 32.8 Å². The van der Waals surface area contributed by atoms with Crippen molar-refractivity contribution in [3.8, 4) is 22.4 Å². The largest absolute Gasteiger partial charge is 0.366 e. The van der Waals surface area contributed by atoms with E-state index in [-0.39, 0.29) is 11.5 Å². The number of thiazole rings is 1.